The van der Waals surface area contributed by atoms with Gasteiger partial charge in [0.2, 0.25) is 0 Å². The van der Waals surface area contributed by atoms with Crippen molar-refractivity contribution in [3.8, 4) is 0 Å². The number of guanidine groups is 1. The number of piperazine rings is 1. The molecular weight excluding hydrogens is 352 g/mol. The maximum absolute atomic E-state index is 4.93. The summed E-state index contributed by atoms with van der Waals surface area (Å²) in [6.07, 6.45) is 6.94. The lowest BCUT2D eigenvalue weighted by molar-refractivity contribution is 0.364. The van der Waals surface area contributed by atoms with Crippen LogP contribution in [0.15, 0.2) is 29.4 Å². The van der Waals surface area contributed by atoms with Crippen LogP contribution >= 0.6 is 0 Å². The van der Waals surface area contributed by atoms with E-state index in [1.54, 1.807) is 0 Å². The van der Waals surface area contributed by atoms with Gasteiger partial charge in [-0.2, -0.15) is 0 Å². The second-order valence-electron chi connectivity index (χ2n) is 7.65. The highest BCUT2D eigenvalue weighted by Crippen LogP contribution is 2.19. The standard InChI is InChI=1S/C20H30N8/c1-16-24-25-19(26(16)2)15-22-20(23-17-7-3-4-8-17)28-13-11-27(12-14-28)18-9-5-6-10-21-18/h5-6,9-10,17H,3-4,7-8,11-15H2,1-2H3,(H,22,23). The van der Waals surface area contributed by atoms with Gasteiger partial charge in [-0.3, -0.25) is 0 Å². The molecule has 28 heavy (non-hydrogen) atoms. The molecule has 0 radical (unpaired) electrons. The second kappa shape index (κ2) is 8.58. The summed E-state index contributed by atoms with van der Waals surface area (Å²) in [6.45, 7) is 6.29. The first kappa shape index (κ1) is 18.7. The Morgan fingerprint density at radius 2 is 1.93 bits per heavy atom. The van der Waals surface area contributed by atoms with Gasteiger partial charge < -0.3 is 19.7 Å². The summed E-state index contributed by atoms with van der Waals surface area (Å²) in [6, 6.07) is 6.63. The smallest absolute Gasteiger partial charge is 0.194 e. The van der Waals surface area contributed by atoms with Gasteiger partial charge in [0.15, 0.2) is 11.8 Å². The first-order valence-corrected chi connectivity index (χ1v) is 10.3. The van der Waals surface area contributed by atoms with Crippen molar-refractivity contribution in [2.24, 2.45) is 12.0 Å². The van der Waals surface area contributed by atoms with Gasteiger partial charge in [0.05, 0.1) is 0 Å². The molecule has 2 aromatic heterocycles. The first-order chi connectivity index (χ1) is 13.7. The minimum Gasteiger partial charge on any atom is -0.353 e. The number of nitrogens with zero attached hydrogens (tertiary/aromatic N) is 7. The molecule has 1 aliphatic heterocycles. The van der Waals surface area contributed by atoms with Crippen LogP contribution in [0.2, 0.25) is 0 Å². The highest BCUT2D eigenvalue weighted by molar-refractivity contribution is 5.80. The molecule has 1 saturated carbocycles. The second-order valence-corrected chi connectivity index (χ2v) is 7.65. The van der Waals surface area contributed by atoms with E-state index in [0.717, 1.165) is 49.6 Å². The third-order valence-electron chi connectivity index (χ3n) is 5.79. The Morgan fingerprint density at radius 3 is 2.57 bits per heavy atom. The van der Waals surface area contributed by atoms with Crippen molar-refractivity contribution >= 4 is 11.8 Å². The van der Waals surface area contributed by atoms with Crippen LogP contribution in [0.4, 0.5) is 5.82 Å². The van der Waals surface area contributed by atoms with E-state index in [-0.39, 0.29) is 0 Å². The Kier molecular flexibility index (Phi) is 5.73. The van der Waals surface area contributed by atoms with Crippen LogP contribution in [0.5, 0.6) is 0 Å². The molecule has 8 heteroatoms. The number of hydrogen-bond acceptors (Lipinski definition) is 5. The van der Waals surface area contributed by atoms with Crippen LogP contribution in [0.25, 0.3) is 0 Å². The minimum absolute atomic E-state index is 0.536. The summed E-state index contributed by atoms with van der Waals surface area (Å²) in [5, 5.41) is 12.1. The van der Waals surface area contributed by atoms with Crippen LogP contribution in [-0.2, 0) is 13.6 Å². The molecule has 1 N–H and O–H groups in total. The maximum Gasteiger partial charge on any atom is 0.194 e. The summed E-state index contributed by atoms with van der Waals surface area (Å²) in [4.78, 5) is 14.1. The number of aryl methyl sites for hydroxylation is 1. The van der Waals surface area contributed by atoms with Crippen molar-refractivity contribution in [3.05, 3.63) is 36.0 Å². The van der Waals surface area contributed by atoms with E-state index in [2.05, 4.69) is 36.4 Å². The lowest BCUT2D eigenvalue weighted by Crippen LogP contribution is -2.54. The predicted octanol–water partition coefficient (Wildman–Crippen LogP) is 1.73. The SMILES string of the molecule is Cc1nnc(CN=C(NC2CCCC2)N2CCN(c3ccccn3)CC2)n1C. The van der Waals surface area contributed by atoms with Crippen LogP contribution in [-0.4, -0.2) is 62.8 Å². The number of aromatic nitrogens is 4. The lowest BCUT2D eigenvalue weighted by atomic mass is 10.2. The fourth-order valence-electron chi connectivity index (χ4n) is 3.91. The molecule has 0 bridgehead atoms. The third-order valence-corrected chi connectivity index (χ3v) is 5.79. The van der Waals surface area contributed by atoms with E-state index in [9.17, 15) is 0 Å². The van der Waals surface area contributed by atoms with E-state index < -0.39 is 0 Å². The summed E-state index contributed by atoms with van der Waals surface area (Å²) in [5.74, 6) is 3.88. The van der Waals surface area contributed by atoms with Crippen molar-refractivity contribution in [2.75, 3.05) is 31.1 Å². The zero-order valence-corrected chi connectivity index (χ0v) is 16.9. The third kappa shape index (κ3) is 4.26. The van der Waals surface area contributed by atoms with Crippen LogP contribution in [0, 0.1) is 6.92 Å². The monoisotopic (exact) mass is 382 g/mol. The van der Waals surface area contributed by atoms with Gasteiger partial charge in [-0.05, 0) is 31.9 Å². The summed E-state index contributed by atoms with van der Waals surface area (Å²) in [7, 11) is 2.00. The molecule has 1 aliphatic carbocycles. The van der Waals surface area contributed by atoms with Crippen LogP contribution < -0.4 is 10.2 Å². The molecule has 3 heterocycles. The van der Waals surface area contributed by atoms with Gasteiger partial charge >= 0.3 is 0 Å². The molecule has 0 aromatic carbocycles. The normalized spacial score (nSPS) is 18.7. The molecule has 2 aliphatic rings. The molecule has 2 aromatic rings. The summed E-state index contributed by atoms with van der Waals surface area (Å²) >= 11 is 0. The Morgan fingerprint density at radius 1 is 1.14 bits per heavy atom. The van der Waals surface area contributed by atoms with Gasteiger partial charge in [0, 0.05) is 45.5 Å². The highest BCUT2D eigenvalue weighted by Gasteiger charge is 2.24. The zero-order chi connectivity index (χ0) is 19.3. The Balaban J connectivity index is 1.44. The molecule has 0 atom stereocenters. The predicted molar refractivity (Wildman–Crippen MR) is 110 cm³/mol. The molecule has 0 unspecified atom stereocenters. The molecule has 0 amide bonds. The molecule has 150 valence electrons. The molecule has 1 saturated heterocycles. The van der Waals surface area contributed by atoms with E-state index in [1.807, 2.05) is 36.9 Å². The molecule has 2 fully saturated rings. The first-order valence-electron chi connectivity index (χ1n) is 10.3. The largest absolute Gasteiger partial charge is 0.353 e. The summed E-state index contributed by atoms with van der Waals surface area (Å²) < 4.78 is 2.01. The molecule has 4 rings (SSSR count). The fraction of sp³-hybridized carbons (Fsp3) is 0.600. The topological polar surface area (TPSA) is 74.5 Å². The van der Waals surface area contributed by atoms with Crippen molar-refractivity contribution in [3.63, 3.8) is 0 Å². The van der Waals surface area contributed by atoms with Gasteiger partial charge in [-0.15, -0.1) is 10.2 Å². The molecule has 8 nitrogen and oxygen atoms in total. The number of anilines is 1. The highest BCUT2D eigenvalue weighted by atomic mass is 15.4. The van der Waals surface area contributed by atoms with Gasteiger partial charge in [-0.1, -0.05) is 18.9 Å². The Bertz CT molecular complexity index is 786. The number of hydrogen-bond donors (Lipinski definition) is 1. The fourth-order valence-corrected chi connectivity index (χ4v) is 3.91. The number of rotatable bonds is 4. The number of pyridine rings is 1. The van der Waals surface area contributed by atoms with Crippen molar-refractivity contribution < 1.29 is 0 Å². The Hall–Kier alpha value is -2.64. The lowest BCUT2D eigenvalue weighted by Gasteiger charge is -2.37. The number of aliphatic imine (C=N–C) groups is 1. The maximum atomic E-state index is 4.93. The average Bonchev–Trinajstić information content (AvgIpc) is 3.37. The van der Waals surface area contributed by atoms with Gasteiger partial charge in [0.1, 0.15) is 18.2 Å². The quantitative estimate of drug-likeness (QED) is 0.641. The zero-order valence-electron chi connectivity index (χ0n) is 16.9. The van der Waals surface area contributed by atoms with E-state index in [1.165, 1.54) is 25.7 Å². The number of nitrogens with one attached hydrogen (secondary N) is 1. The minimum atomic E-state index is 0.536. The van der Waals surface area contributed by atoms with Crippen LogP contribution in [0.1, 0.15) is 37.3 Å². The molecular formula is C20H30N8. The van der Waals surface area contributed by atoms with Crippen LogP contribution in [0.3, 0.4) is 0 Å². The van der Waals surface area contributed by atoms with E-state index in [4.69, 9.17) is 4.99 Å². The molecule has 0 spiro atoms. The van der Waals surface area contributed by atoms with E-state index >= 15 is 0 Å². The summed E-state index contributed by atoms with van der Waals surface area (Å²) in [5.41, 5.74) is 0. The van der Waals surface area contributed by atoms with Crippen molar-refractivity contribution in [1.29, 1.82) is 0 Å². The van der Waals surface area contributed by atoms with Crippen molar-refractivity contribution in [1.82, 2.24) is 30.0 Å². The van der Waals surface area contributed by atoms with E-state index in [0.29, 0.717) is 12.6 Å². The Labute approximate surface area is 166 Å². The van der Waals surface area contributed by atoms with Gasteiger partial charge in [0.25, 0.3) is 0 Å². The average molecular weight is 383 g/mol. The van der Waals surface area contributed by atoms with Crippen molar-refractivity contribution in [2.45, 2.75) is 45.2 Å². The van der Waals surface area contributed by atoms with Gasteiger partial charge in [-0.25, -0.2) is 9.98 Å².